The molecule has 2 aromatic rings. The molecule has 98 valence electrons. The lowest BCUT2D eigenvalue weighted by Gasteiger charge is -2.24. The Morgan fingerprint density at radius 2 is 1.74 bits per heavy atom. The number of nitrogens with one attached hydrogen (secondary N) is 1. The lowest BCUT2D eigenvalue weighted by Crippen LogP contribution is -2.24. The molecule has 0 aliphatic heterocycles. The average molecular weight is 254 g/mol. The van der Waals surface area contributed by atoms with Gasteiger partial charge in [-0.25, -0.2) is 0 Å². The third-order valence-electron chi connectivity index (χ3n) is 3.34. The van der Waals surface area contributed by atoms with Gasteiger partial charge in [0.15, 0.2) is 0 Å². The largest absolute Gasteiger partial charge is 0.399 e. The number of hydrogen-bond acceptors (Lipinski definition) is 2. The zero-order valence-electron chi connectivity index (χ0n) is 10.9. The van der Waals surface area contributed by atoms with Gasteiger partial charge in [-0.05, 0) is 23.3 Å². The highest BCUT2D eigenvalue weighted by Gasteiger charge is 2.20. The van der Waals surface area contributed by atoms with Crippen LogP contribution in [-0.4, -0.2) is 6.41 Å². The first-order valence-electron chi connectivity index (χ1n) is 6.32. The molecule has 0 spiro atoms. The van der Waals surface area contributed by atoms with E-state index < -0.39 is 0 Å². The first kappa shape index (κ1) is 13.1. The van der Waals surface area contributed by atoms with Crippen molar-refractivity contribution < 1.29 is 4.79 Å². The lowest BCUT2D eigenvalue weighted by molar-refractivity contribution is -0.110. The second-order valence-electron chi connectivity index (χ2n) is 4.63. The lowest BCUT2D eigenvalue weighted by atomic mass is 9.88. The molecule has 2 rings (SSSR count). The molecule has 0 bridgehead atoms. The van der Waals surface area contributed by atoms with Gasteiger partial charge in [0.05, 0.1) is 6.04 Å². The third-order valence-corrected chi connectivity index (χ3v) is 3.34. The van der Waals surface area contributed by atoms with E-state index in [0.29, 0.717) is 5.69 Å². The van der Waals surface area contributed by atoms with Crippen molar-refractivity contribution in [3.8, 4) is 0 Å². The molecule has 0 fully saturated rings. The minimum atomic E-state index is -0.0802. The Morgan fingerprint density at radius 1 is 1.05 bits per heavy atom. The van der Waals surface area contributed by atoms with E-state index in [1.165, 1.54) is 5.56 Å². The van der Waals surface area contributed by atoms with Crippen molar-refractivity contribution in [2.45, 2.75) is 18.9 Å². The average Bonchev–Trinajstić information content (AvgIpc) is 2.45. The van der Waals surface area contributed by atoms with Gasteiger partial charge in [0.25, 0.3) is 0 Å². The summed E-state index contributed by atoms with van der Waals surface area (Å²) in [7, 11) is 0. The van der Waals surface area contributed by atoms with Crippen LogP contribution in [0.5, 0.6) is 0 Å². The Morgan fingerprint density at radius 3 is 2.37 bits per heavy atom. The SMILES string of the molecule is CC(c1ccccc1)C(NC=O)c1cccc(N)c1. The van der Waals surface area contributed by atoms with E-state index in [9.17, 15) is 4.79 Å². The predicted molar refractivity (Wildman–Crippen MR) is 77.7 cm³/mol. The molecule has 2 aromatic carbocycles. The Bertz CT molecular complexity index is 539. The van der Waals surface area contributed by atoms with Gasteiger partial charge < -0.3 is 11.1 Å². The van der Waals surface area contributed by atoms with Crippen molar-refractivity contribution in [1.82, 2.24) is 5.32 Å². The molecule has 3 heteroatoms. The first-order chi connectivity index (χ1) is 9.22. The van der Waals surface area contributed by atoms with Gasteiger partial charge >= 0.3 is 0 Å². The van der Waals surface area contributed by atoms with Gasteiger partial charge in [0.2, 0.25) is 6.41 Å². The van der Waals surface area contributed by atoms with E-state index in [2.05, 4.69) is 24.4 Å². The van der Waals surface area contributed by atoms with E-state index in [1.807, 2.05) is 42.5 Å². The van der Waals surface area contributed by atoms with Crippen LogP contribution >= 0.6 is 0 Å². The summed E-state index contributed by atoms with van der Waals surface area (Å²) < 4.78 is 0. The number of nitrogen functional groups attached to an aromatic ring is 1. The van der Waals surface area contributed by atoms with E-state index in [-0.39, 0.29) is 12.0 Å². The van der Waals surface area contributed by atoms with Gasteiger partial charge in [0.1, 0.15) is 0 Å². The molecule has 0 saturated heterocycles. The van der Waals surface area contributed by atoms with Crippen molar-refractivity contribution >= 4 is 12.1 Å². The maximum atomic E-state index is 10.9. The molecule has 0 aromatic heterocycles. The van der Waals surface area contributed by atoms with Crippen molar-refractivity contribution in [3.05, 3.63) is 65.7 Å². The quantitative estimate of drug-likeness (QED) is 0.636. The molecule has 0 heterocycles. The number of rotatable bonds is 5. The predicted octanol–water partition coefficient (Wildman–Crippen LogP) is 2.86. The van der Waals surface area contributed by atoms with Crippen molar-refractivity contribution in [2.24, 2.45) is 0 Å². The number of nitrogens with two attached hydrogens (primary N) is 1. The molecule has 0 saturated carbocycles. The number of benzene rings is 2. The summed E-state index contributed by atoms with van der Waals surface area (Å²) >= 11 is 0. The second-order valence-corrected chi connectivity index (χ2v) is 4.63. The Hall–Kier alpha value is -2.29. The normalized spacial score (nSPS) is 13.5. The monoisotopic (exact) mass is 254 g/mol. The van der Waals surface area contributed by atoms with Gasteiger partial charge in [-0.3, -0.25) is 4.79 Å². The molecule has 1 amide bonds. The van der Waals surface area contributed by atoms with E-state index >= 15 is 0 Å². The molecular weight excluding hydrogens is 236 g/mol. The molecule has 2 atom stereocenters. The fraction of sp³-hybridized carbons (Fsp3) is 0.188. The van der Waals surface area contributed by atoms with Crippen LogP contribution < -0.4 is 11.1 Å². The van der Waals surface area contributed by atoms with Crippen LogP contribution in [0.2, 0.25) is 0 Å². The van der Waals surface area contributed by atoms with Gasteiger partial charge in [-0.1, -0.05) is 49.4 Å². The zero-order valence-corrected chi connectivity index (χ0v) is 10.9. The van der Waals surface area contributed by atoms with E-state index in [0.717, 1.165) is 12.0 Å². The maximum absolute atomic E-state index is 10.9. The summed E-state index contributed by atoms with van der Waals surface area (Å²) in [6.45, 7) is 2.10. The Kier molecular flexibility index (Phi) is 4.18. The van der Waals surface area contributed by atoms with Crippen LogP contribution in [0.4, 0.5) is 5.69 Å². The fourth-order valence-electron chi connectivity index (χ4n) is 2.30. The molecular formula is C16H18N2O. The Balaban J connectivity index is 2.32. The first-order valence-corrected chi connectivity index (χ1v) is 6.32. The number of anilines is 1. The molecule has 0 radical (unpaired) electrons. The fourth-order valence-corrected chi connectivity index (χ4v) is 2.30. The summed E-state index contributed by atoms with van der Waals surface area (Å²) in [5.74, 6) is 0.174. The molecule has 19 heavy (non-hydrogen) atoms. The summed E-state index contributed by atoms with van der Waals surface area (Å²) in [4.78, 5) is 10.9. The van der Waals surface area contributed by atoms with Gasteiger partial charge in [-0.2, -0.15) is 0 Å². The minimum absolute atomic E-state index is 0.0802. The number of carbonyl (C=O) groups is 1. The van der Waals surface area contributed by atoms with Crippen LogP contribution in [0.1, 0.15) is 30.0 Å². The van der Waals surface area contributed by atoms with Crippen molar-refractivity contribution in [2.75, 3.05) is 5.73 Å². The van der Waals surface area contributed by atoms with E-state index in [4.69, 9.17) is 5.73 Å². The van der Waals surface area contributed by atoms with E-state index in [1.54, 1.807) is 0 Å². The zero-order chi connectivity index (χ0) is 13.7. The number of hydrogen-bond donors (Lipinski definition) is 2. The second kappa shape index (κ2) is 6.05. The van der Waals surface area contributed by atoms with Gasteiger partial charge in [0, 0.05) is 11.6 Å². The van der Waals surface area contributed by atoms with Crippen LogP contribution in [0, 0.1) is 0 Å². The summed E-state index contributed by atoms with van der Waals surface area (Å²) in [5, 5.41) is 2.89. The number of carbonyl (C=O) groups excluding carboxylic acids is 1. The Labute approximate surface area is 113 Å². The van der Waals surface area contributed by atoms with Crippen LogP contribution in [-0.2, 0) is 4.79 Å². The van der Waals surface area contributed by atoms with Crippen LogP contribution in [0.15, 0.2) is 54.6 Å². The molecule has 3 nitrogen and oxygen atoms in total. The molecule has 0 aliphatic rings. The summed E-state index contributed by atoms with van der Waals surface area (Å²) in [5.41, 5.74) is 8.72. The minimum Gasteiger partial charge on any atom is -0.399 e. The summed E-state index contributed by atoms with van der Waals surface area (Å²) in [6.07, 6.45) is 0.743. The highest BCUT2D eigenvalue weighted by atomic mass is 16.1. The van der Waals surface area contributed by atoms with Crippen LogP contribution in [0.25, 0.3) is 0 Å². The smallest absolute Gasteiger partial charge is 0.207 e. The standard InChI is InChI=1S/C16H18N2O/c1-12(13-6-3-2-4-7-13)16(18-11-19)14-8-5-9-15(17)10-14/h2-12,16H,17H2,1H3,(H,18,19). The maximum Gasteiger partial charge on any atom is 0.207 e. The highest BCUT2D eigenvalue weighted by molar-refractivity contribution is 5.50. The van der Waals surface area contributed by atoms with Gasteiger partial charge in [-0.15, -0.1) is 0 Å². The molecule has 2 unspecified atom stereocenters. The summed E-state index contributed by atoms with van der Waals surface area (Å²) in [6, 6.07) is 17.7. The topological polar surface area (TPSA) is 55.1 Å². The van der Waals surface area contributed by atoms with Crippen molar-refractivity contribution in [3.63, 3.8) is 0 Å². The molecule has 3 N–H and O–H groups in total. The van der Waals surface area contributed by atoms with Crippen molar-refractivity contribution in [1.29, 1.82) is 0 Å². The highest BCUT2D eigenvalue weighted by Crippen LogP contribution is 2.30. The third kappa shape index (κ3) is 3.13. The number of amides is 1. The van der Waals surface area contributed by atoms with Crippen LogP contribution in [0.3, 0.4) is 0 Å². The molecule has 0 aliphatic carbocycles.